The molecule has 0 N–H and O–H groups in total. The summed E-state index contributed by atoms with van der Waals surface area (Å²) in [5, 5.41) is 0. The van der Waals surface area contributed by atoms with Gasteiger partial charge in [0.2, 0.25) is 5.91 Å². The molecule has 2 saturated heterocycles. The molecule has 2 aliphatic heterocycles. The lowest BCUT2D eigenvalue weighted by molar-refractivity contribution is -0.131. The maximum absolute atomic E-state index is 12.0. The van der Waals surface area contributed by atoms with E-state index >= 15 is 0 Å². The topological polar surface area (TPSA) is 93.2 Å². The van der Waals surface area contributed by atoms with Gasteiger partial charge in [-0.25, -0.2) is 14.5 Å². The van der Waals surface area contributed by atoms with Crippen molar-refractivity contribution in [1.82, 2.24) is 4.90 Å². The number of ether oxygens (including phenoxy) is 2. The second-order valence-corrected chi connectivity index (χ2v) is 5.43. The number of cyclic esters (lactones) is 1. The van der Waals surface area contributed by atoms with Crippen LogP contribution in [0.15, 0.2) is 24.3 Å². The molecule has 3 amide bonds. The molecule has 0 unspecified atom stereocenters. The Balaban J connectivity index is 1.56. The first kappa shape index (κ1) is 16.0. The van der Waals surface area contributed by atoms with Crippen LogP contribution < -0.4 is 4.90 Å². The molecular formula is C16H16N2O6. The Morgan fingerprint density at radius 3 is 2.46 bits per heavy atom. The number of hydrogen-bond donors (Lipinski definition) is 0. The van der Waals surface area contributed by atoms with Gasteiger partial charge in [0.15, 0.2) is 6.61 Å². The van der Waals surface area contributed by atoms with Gasteiger partial charge in [-0.05, 0) is 30.7 Å². The minimum absolute atomic E-state index is 0.0634. The summed E-state index contributed by atoms with van der Waals surface area (Å²) in [6, 6.07) is 6.41. The van der Waals surface area contributed by atoms with Gasteiger partial charge in [0.05, 0.1) is 12.1 Å². The third-order valence-electron chi connectivity index (χ3n) is 3.88. The Bertz CT molecular complexity index is 684. The molecule has 0 aromatic heterocycles. The quantitative estimate of drug-likeness (QED) is 0.762. The van der Waals surface area contributed by atoms with Gasteiger partial charge in [-0.15, -0.1) is 0 Å². The molecule has 24 heavy (non-hydrogen) atoms. The Morgan fingerprint density at radius 2 is 1.88 bits per heavy atom. The fourth-order valence-electron chi connectivity index (χ4n) is 2.61. The lowest BCUT2D eigenvalue weighted by Crippen LogP contribution is -2.35. The van der Waals surface area contributed by atoms with Crippen LogP contribution in [0.5, 0.6) is 0 Å². The van der Waals surface area contributed by atoms with Crippen LogP contribution in [0.3, 0.4) is 0 Å². The van der Waals surface area contributed by atoms with Gasteiger partial charge in [-0.2, -0.15) is 0 Å². The maximum atomic E-state index is 12.0. The van der Waals surface area contributed by atoms with Crippen molar-refractivity contribution in [3.05, 3.63) is 29.8 Å². The zero-order valence-electron chi connectivity index (χ0n) is 12.9. The van der Waals surface area contributed by atoms with E-state index in [0.717, 1.165) is 17.0 Å². The van der Waals surface area contributed by atoms with Crippen molar-refractivity contribution < 1.29 is 28.7 Å². The number of carbonyl (C=O) groups is 4. The van der Waals surface area contributed by atoms with Crippen molar-refractivity contribution in [3.8, 4) is 0 Å². The third-order valence-corrected chi connectivity index (χ3v) is 3.88. The van der Waals surface area contributed by atoms with E-state index in [-0.39, 0.29) is 24.6 Å². The van der Waals surface area contributed by atoms with Gasteiger partial charge in [-0.3, -0.25) is 9.59 Å². The molecule has 3 rings (SSSR count). The monoisotopic (exact) mass is 332 g/mol. The van der Waals surface area contributed by atoms with E-state index in [9.17, 15) is 19.2 Å². The molecule has 8 heteroatoms. The summed E-state index contributed by atoms with van der Waals surface area (Å²) in [6.45, 7) is 0.451. The number of carbonyl (C=O) groups excluding carboxylic acids is 4. The van der Waals surface area contributed by atoms with Crippen LogP contribution in [-0.2, 0) is 19.1 Å². The molecule has 2 aliphatic rings. The number of benzene rings is 1. The first-order chi connectivity index (χ1) is 11.6. The highest BCUT2D eigenvalue weighted by Crippen LogP contribution is 2.21. The lowest BCUT2D eigenvalue weighted by atomic mass is 10.2. The summed E-state index contributed by atoms with van der Waals surface area (Å²) < 4.78 is 9.56. The van der Waals surface area contributed by atoms with Crippen LogP contribution >= 0.6 is 0 Å². The second-order valence-electron chi connectivity index (χ2n) is 5.43. The number of esters is 1. The highest BCUT2D eigenvalue weighted by Gasteiger charge is 2.29. The van der Waals surface area contributed by atoms with E-state index < -0.39 is 24.6 Å². The number of imide groups is 1. The van der Waals surface area contributed by atoms with Crippen molar-refractivity contribution in [3.63, 3.8) is 0 Å². The molecular weight excluding hydrogens is 316 g/mol. The van der Waals surface area contributed by atoms with Crippen molar-refractivity contribution in [2.75, 3.05) is 31.2 Å². The summed E-state index contributed by atoms with van der Waals surface area (Å²) in [6.07, 6.45) is 0.629. The number of rotatable bonds is 4. The average Bonchev–Trinajstić information content (AvgIpc) is 3.20. The third kappa shape index (κ3) is 3.22. The summed E-state index contributed by atoms with van der Waals surface area (Å²) in [5.41, 5.74) is 0.993. The summed E-state index contributed by atoms with van der Waals surface area (Å²) >= 11 is 0. The Hall–Kier alpha value is -2.90. The van der Waals surface area contributed by atoms with Crippen molar-refractivity contribution in [1.29, 1.82) is 0 Å². The summed E-state index contributed by atoms with van der Waals surface area (Å²) in [7, 11) is 0. The molecule has 0 bridgehead atoms. The fraction of sp³-hybridized carbons (Fsp3) is 0.375. The summed E-state index contributed by atoms with van der Waals surface area (Å²) in [4.78, 5) is 49.2. The predicted molar refractivity (Wildman–Crippen MR) is 81.4 cm³/mol. The van der Waals surface area contributed by atoms with Crippen molar-refractivity contribution >= 4 is 29.6 Å². The minimum Gasteiger partial charge on any atom is -0.452 e. The molecule has 0 spiro atoms. The van der Waals surface area contributed by atoms with Gasteiger partial charge >= 0.3 is 12.1 Å². The van der Waals surface area contributed by atoms with Crippen LogP contribution in [0.2, 0.25) is 0 Å². The Morgan fingerprint density at radius 1 is 1.12 bits per heavy atom. The van der Waals surface area contributed by atoms with Gasteiger partial charge in [0.25, 0.3) is 5.91 Å². The minimum atomic E-state index is -0.726. The van der Waals surface area contributed by atoms with E-state index in [2.05, 4.69) is 4.74 Å². The number of anilines is 1. The van der Waals surface area contributed by atoms with Crippen LogP contribution in [-0.4, -0.2) is 55.1 Å². The fourth-order valence-corrected chi connectivity index (χ4v) is 2.61. The largest absolute Gasteiger partial charge is 0.452 e. The van der Waals surface area contributed by atoms with Crippen LogP contribution in [0.25, 0.3) is 0 Å². The molecule has 8 nitrogen and oxygen atoms in total. The van der Waals surface area contributed by atoms with Crippen molar-refractivity contribution in [2.45, 2.75) is 12.8 Å². The highest BCUT2D eigenvalue weighted by molar-refractivity contribution is 5.97. The zero-order valence-corrected chi connectivity index (χ0v) is 12.9. The molecule has 1 aromatic carbocycles. The van der Waals surface area contributed by atoms with Gasteiger partial charge < -0.3 is 14.4 Å². The van der Waals surface area contributed by atoms with E-state index in [0.29, 0.717) is 13.0 Å². The van der Waals surface area contributed by atoms with Gasteiger partial charge in [0.1, 0.15) is 6.61 Å². The zero-order chi connectivity index (χ0) is 17.1. The Kier molecular flexibility index (Phi) is 4.45. The van der Waals surface area contributed by atoms with Crippen LogP contribution in [0, 0.1) is 0 Å². The molecule has 2 fully saturated rings. The number of amides is 3. The lowest BCUT2D eigenvalue weighted by Gasteiger charge is -2.15. The van der Waals surface area contributed by atoms with Gasteiger partial charge in [-0.1, -0.05) is 0 Å². The van der Waals surface area contributed by atoms with Gasteiger partial charge in [0, 0.05) is 18.7 Å². The number of nitrogens with zero attached hydrogens (tertiary/aromatic N) is 2. The van der Waals surface area contributed by atoms with E-state index in [1.165, 1.54) is 12.1 Å². The van der Waals surface area contributed by atoms with Crippen molar-refractivity contribution in [2.24, 2.45) is 0 Å². The smallest absolute Gasteiger partial charge is 0.416 e. The van der Waals surface area contributed by atoms with E-state index in [4.69, 9.17) is 4.74 Å². The molecule has 1 aromatic rings. The predicted octanol–water partition coefficient (Wildman–Crippen LogP) is 0.949. The Labute approximate surface area is 137 Å². The van der Waals surface area contributed by atoms with E-state index in [1.54, 1.807) is 17.0 Å². The highest BCUT2D eigenvalue weighted by atomic mass is 16.6. The van der Waals surface area contributed by atoms with Crippen LogP contribution in [0.1, 0.15) is 23.2 Å². The molecule has 2 heterocycles. The normalized spacial score (nSPS) is 17.2. The first-order valence-electron chi connectivity index (χ1n) is 7.61. The maximum Gasteiger partial charge on any atom is 0.416 e. The molecule has 126 valence electrons. The summed E-state index contributed by atoms with van der Waals surface area (Å²) in [5.74, 6) is -1.23. The SMILES string of the molecule is O=C(OCC(=O)N1CCOC1=O)c1ccc(N2CCCC2=O)cc1. The molecule has 0 aliphatic carbocycles. The second kappa shape index (κ2) is 6.69. The molecule has 0 radical (unpaired) electrons. The first-order valence-corrected chi connectivity index (χ1v) is 7.61. The standard InChI is InChI=1S/C16H16N2O6/c19-13-2-1-7-17(13)12-5-3-11(4-6-12)15(21)24-10-14(20)18-8-9-23-16(18)22/h3-6H,1-2,7-10H2. The van der Waals surface area contributed by atoms with E-state index in [1.807, 2.05) is 0 Å². The average molecular weight is 332 g/mol. The van der Waals surface area contributed by atoms with Crippen LogP contribution in [0.4, 0.5) is 10.5 Å². The number of hydrogen-bond acceptors (Lipinski definition) is 6. The molecule has 0 saturated carbocycles. The molecule has 0 atom stereocenters.